The normalized spacial score (nSPS) is 10.4. The molecule has 0 aliphatic rings. The molecule has 4 N–H and O–H groups in total. The molecule has 158 valence electrons. The van der Waals surface area contributed by atoms with Crippen LogP contribution in [0.25, 0.3) is 0 Å². The molecule has 0 aromatic heterocycles. The van der Waals surface area contributed by atoms with Crippen molar-refractivity contribution in [2.45, 2.75) is 13.1 Å². The molecule has 0 atom stereocenters. The fraction of sp³-hybridized carbons (Fsp3) is 0.0909. The molecule has 0 saturated carbocycles. The number of nitro groups is 1. The summed E-state index contributed by atoms with van der Waals surface area (Å²) >= 11 is 0. The minimum absolute atomic E-state index is 0.0567. The summed E-state index contributed by atoms with van der Waals surface area (Å²) in [7, 11) is 0. The highest BCUT2D eigenvalue weighted by molar-refractivity contribution is 5.94. The number of nitro benzene ring substituents is 1. The van der Waals surface area contributed by atoms with Crippen molar-refractivity contribution in [3.05, 3.63) is 105 Å². The molecule has 0 saturated heterocycles. The number of carbonyl (C=O) groups is 2. The Bertz CT molecular complexity index is 1130. The first-order valence-corrected chi connectivity index (χ1v) is 9.28. The van der Waals surface area contributed by atoms with Crippen molar-refractivity contribution in [1.29, 1.82) is 0 Å². The number of nitrogens with zero attached hydrogens (tertiary/aromatic N) is 1. The van der Waals surface area contributed by atoms with Gasteiger partial charge in [0.05, 0.1) is 4.92 Å². The van der Waals surface area contributed by atoms with Crippen LogP contribution < -0.4 is 16.4 Å². The van der Waals surface area contributed by atoms with Crippen LogP contribution >= 0.6 is 0 Å². The highest BCUT2D eigenvalue weighted by Crippen LogP contribution is 2.22. The summed E-state index contributed by atoms with van der Waals surface area (Å²) in [6, 6.07) is 16.7. The third-order valence-corrected chi connectivity index (χ3v) is 4.59. The maximum Gasteiger partial charge on any atom is 0.275 e. The molecule has 0 unspecified atom stereocenters. The van der Waals surface area contributed by atoms with Crippen molar-refractivity contribution in [3.8, 4) is 0 Å². The van der Waals surface area contributed by atoms with Gasteiger partial charge in [0.25, 0.3) is 11.6 Å². The fourth-order valence-electron chi connectivity index (χ4n) is 2.89. The van der Waals surface area contributed by atoms with E-state index >= 15 is 0 Å². The number of nitrogens with one attached hydrogen (secondary N) is 2. The van der Waals surface area contributed by atoms with Crippen LogP contribution in [0.2, 0.25) is 0 Å². The van der Waals surface area contributed by atoms with E-state index in [9.17, 15) is 24.1 Å². The number of carbonyl (C=O) groups excluding carboxylic acids is 2. The van der Waals surface area contributed by atoms with E-state index in [0.717, 1.165) is 6.07 Å². The lowest BCUT2D eigenvalue weighted by Gasteiger charge is -2.10. The molecule has 8 nitrogen and oxygen atoms in total. The summed E-state index contributed by atoms with van der Waals surface area (Å²) in [5.74, 6) is -1.49. The van der Waals surface area contributed by atoms with E-state index in [1.54, 1.807) is 42.5 Å². The number of amides is 2. The van der Waals surface area contributed by atoms with Gasteiger partial charge in [-0.05, 0) is 42.5 Å². The molecule has 0 fully saturated rings. The lowest BCUT2D eigenvalue weighted by Crippen LogP contribution is -2.23. The zero-order valence-electron chi connectivity index (χ0n) is 16.3. The van der Waals surface area contributed by atoms with Gasteiger partial charge in [0.1, 0.15) is 5.82 Å². The Morgan fingerprint density at radius 1 is 0.935 bits per heavy atom. The summed E-state index contributed by atoms with van der Waals surface area (Å²) in [5, 5.41) is 17.0. The smallest absolute Gasteiger partial charge is 0.275 e. The molecule has 0 heterocycles. The van der Waals surface area contributed by atoms with Crippen LogP contribution in [0.5, 0.6) is 0 Å². The zero-order valence-corrected chi connectivity index (χ0v) is 16.3. The summed E-state index contributed by atoms with van der Waals surface area (Å²) in [6.45, 7) is 0.199. The first kappa shape index (κ1) is 21.4. The maximum absolute atomic E-state index is 13.6. The van der Waals surface area contributed by atoms with Crippen molar-refractivity contribution in [1.82, 2.24) is 5.32 Å². The molecular formula is C22H19FN4O4. The van der Waals surface area contributed by atoms with E-state index < -0.39 is 10.8 Å². The van der Waals surface area contributed by atoms with Crippen LogP contribution in [0.1, 0.15) is 31.8 Å². The van der Waals surface area contributed by atoms with Gasteiger partial charge in [-0.25, -0.2) is 4.39 Å². The van der Waals surface area contributed by atoms with Gasteiger partial charge in [-0.15, -0.1) is 0 Å². The summed E-state index contributed by atoms with van der Waals surface area (Å²) in [5.41, 5.74) is 6.80. The van der Waals surface area contributed by atoms with Crippen LogP contribution in [-0.4, -0.2) is 16.7 Å². The molecular weight excluding hydrogens is 403 g/mol. The Hall–Kier alpha value is -4.27. The van der Waals surface area contributed by atoms with Gasteiger partial charge in [-0.1, -0.05) is 18.2 Å². The van der Waals surface area contributed by atoms with Crippen LogP contribution in [-0.2, 0) is 13.1 Å². The molecule has 0 aliphatic heterocycles. The predicted molar refractivity (Wildman–Crippen MR) is 113 cm³/mol. The monoisotopic (exact) mass is 422 g/mol. The molecule has 3 aromatic carbocycles. The lowest BCUT2D eigenvalue weighted by molar-refractivity contribution is -0.385. The van der Waals surface area contributed by atoms with Gasteiger partial charge in [-0.3, -0.25) is 19.7 Å². The van der Waals surface area contributed by atoms with E-state index in [4.69, 9.17) is 5.73 Å². The Balaban J connectivity index is 1.62. The average molecular weight is 422 g/mol. The van der Waals surface area contributed by atoms with Crippen molar-refractivity contribution in [2.75, 3.05) is 5.32 Å². The second-order valence-corrected chi connectivity index (χ2v) is 6.67. The first-order valence-electron chi connectivity index (χ1n) is 9.28. The van der Waals surface area contributed by atoms with Crippen LogP contribution in [0.4, 0.5) is 15.8 Å². The number of hydrogen-bond acceptors (Lipinski definition) is 5. The van der Waals surface area contributed by atoms with Gasteiger partial charge in [0, 0.05) is 47.1 Å². The molecule has 0 bridgehead atoms. The Morgan fingerprint density at radius 2 is 1.61 bits per heavy atom. The number of primary amides is 1. The summed E-state index contributed by atoms with van der Waals surface area (Å²) in [6.07, 6.45) is 0. The van der Waals surface area contributed by atoms with Crippen molar-refractivity contribution < 1.29 is 18.9 Å². The topological polar surface area (TPSA) is 127 Å². The van der Waals surface area contributed by atoms with E-state index in [1.807, 2.05) is 0 Å². The second kappa shape index (κ2) is 9.49. The first-order chi connectivity index (χ1) is 14.8. The third-order valence-electron chi connectivity index (χ3n) is 4.59. The molecule has 3 aromatic rings. The molecule has 0 aliphatic carbocycles. The zero-order chi connectivity index (χ0) is 22.4. The summed E-state index contributed by atoms with van der Waals surface area (Å²) in [4.78, 5) is 34.2. The van der Waals surface area contributed by atoms with E-state index in [-0.39, 0.29) is 36.1 Å². The van der Waals surface area contributed by atoms with Crippen LogP contribution in [0, 0.1) is 15.9 Å². The molecule has 0 radical (unpaired) electrons. The van der Waals surface area contributed by atoms with Crippen molar-refractivity contribution >= 4 is 23.2 Å². The average Bonchev–Trinajstić information content (AvgIpc) is 2.77. The molecule has 2 amide bonds. The van der Waals surface area contributed by atoms with Crippen molar-refractivity contribution in [2.24, 2.45) is 5.73 Å². The third kappa shape index (κ3) is 5.41. The number of rotatable bonds is 8. The van der Waals surface area contributed by atoms with E-state index in [2.05, 4.69) is 10.6 Å². The van der Waals surface area contributed by atoms with Gasteiger partial charge < -0.3 is 16.4 Å². The molecule has 3 rings (SSSR count). The Kier molecular flexibility index (Phi) is 6.56. The molecule has 9 heteroatoms. The standard InChI is InChI=1S/C22H19FN4O4/c23-19-4-2-1-3-16(19)12-26-22(29)14-7-9-18(10-8-14)25-13-17-6-5-15(21(24)28)11-20(17)27(30)31/h1-11,25H,12-13H2,(H2,24,28)(H,26,29). The van der Waals surface area contributed by atoms with E-state index in [0.29, 0.717) is 22.4 Å². The Morgan fingerprint density at radius 3 is 2.26 bits per heavy atom. The number of hydrogen-bond donors (Lipinski definition) is 3. The molecule has 0 spiro atoms. The minimum Gasteiger partial charge on any atom is -0.381 e. The Labute approximate surface area is 177 Å². The number of benzene rings is 3. The van der Waals surface area contributed by atoms with Gasteiger partial charge in [0.2, 0.25) is 5.91 Å². The maximum atomic E-state index is 13.6. The SMILES string of the molecule is NC(=O)c1ccc(CNc2ccc(C(=O)NCc3ccccc3F)cc2)c([N+](=O)[O-])c1. The highest BCUT2D eigenvalue weighted by Gasteiger charge is 2.16. The van der Waals surface area contributed by atoms with Gasteiger partial charge in [-0.2, -0.15) is 0 Å². The number of anilines is 1. The lowest BCUT2D eigenvalue weighted by atomic mass is 10.1. The number of nitrogens with two attached hydrogens (primary N) is 1. The van der Waals surface area contributed by atoms with Gasteiger partial charge in [0.15, 0.2) is 0 Å². The summed E-state index contributed by atoms with van der Waals surface area (Å²) < 4.78 is 13.6. The van der Waals surface area contributed by atoms with E-state index in [1.165, 1.54) is 18.2 Å². The van der Waals surface area contributed by atoms with Gasteiger partial charge >= 0.3 is 0 Å². The van der Waals surface area contributed by atoms with Crippen molar-refractivity contribution in [3.63, 3.8) is 0 Å². The highest BCUT2D eigenvalue weighted by atomic mass is 19.1. The largest absolute Gasteiger partial charge is 0.381 e. The fourth-order valence-corrected chi connectivity index (χ4v) is 2.89. The van der Waals surface area contributed by atoms with Crippen LogP contribution in [0.15, 0.2) is 66.7 Å². The quantitative estimate of drug-likeness (QED) is 0.379. The number of halogens is 1. The minimum atomic E-state index is -0.744. The predicted octanol–water partition coefficient (Wildman–Crippen LogP) is 3.37. The second-order valence-electron chi connectivity index (χ2n) is 6.67. The molecule has 31 heavy (non-hydrogen) atoms. The van der Waals surface area contributed by atoms with Crippen LogP contribution in [0.3, 0.4) is 0 Å².